The van der Waals surface area contributed by atoms with Gasteiger partial charge in [0.15, 0.2) is 0 Å². The number of nitrogens with one attached hydrogen (secondary N) is 5. The van der Waals surface area contributed by atoms with Gasteiger partial charge in [-0.3, -0.25) is 43.2 Å². The number of carboxylic acid groups (broad SMARTS) is 6. The predicted octanol–water partition coefficient (Wildman–Crippen LogP) is -3.08. The van der Waals surface area contributed by atoms with Crippen LogP contribution in [0.5, 0.6) is 0 Å². The number of hydrogen-bond donors (Lipinski definition) is 11. The van der Waals surface area contributed by atoms with Crippen molar-refractivity contribution in [1.29, 1.82) is 0 Å². The number of rotatable bonds is 25. The van der Waals surface area contributed by atoms with E-state index in [2.05, 4.69) is 21.3 Å². The highest BCUT2D eigenvalue weighted by Gasteiger charge is 2.33. The molecule has 0 aromatic rings. The quantitative estimate of drug-likeness (QED) is 0.0456. The van der Waals surface area contributed by atoms with E-state index in [-0.39, 0.29) is 6.42 Å². The molecule has 47 heavy (non-hydrogen) atoms. The van der Waals surface area contributed by atoms with Crippen molar-refractivity contribution in [2.45, 2.75) is 94.4 Å². The Morgan fingerprint density at radius 2 is 0.596 bits per heavy atom. The maximum absolute atomic E-state index is 13.2. The van der Waals surface area contributed by atoms with Crippen molar-refractivity contribution >= 4 is 59.4 Å². The zero-order chi connectivity index (χ0) is 36.3. The maximum atomic E-state index is 13.2. The van der Waals surface area contributed by atoms with Crippen LogP contribution in [-0.4, -0.2) is 127 Å². The van der Waals surface area contributed by atoms with Gasteiger partial charge >= 0.3 is 35.8 Å². The lowest BCUT2D eigenvalue weighted by molar-refractivity contribution is -0.144. The second-order valence-corrected chi connectivity index (χ2v) is 10.1. The van der Waals surface area contributed by atoms with E-state index >= 15 is 0 Å². The molecular weight excluding hydrogens is 638 g/mol. The van der Waals surface area contributed by atoms with Crippen molar-refractivity contribution in [2.75, 3.05) is 7.05 Å². The predicted molar refractivity (Wildman–Crippen MR) is 153 cm³/mol. The molecule has 4 amide bonds. The second-order valence-electron chi connectivity index (χ2n) is 10.1. The van der Waals surface area contributed by atoms with Gasteiger partial charge in [-0.2, -0.15) is 0 Å². The fraction of sp³-hybridized carbons (Fsp3) is 0.615. The van der Waals surface area contributed by atoms with Gasteiger partial charge < -0.3 is 57.2 Å². The monoisotopic (exact) mass is 677 g/mol. The number of hydrogen-bond acceptors (Lipinski definition) is 11. The minimum Gasteiger partial charge on any atom is -0.481 e. The normalized spacial score (nSPS) is 13.8. The molecule has 0 saturated carbocycles. The van der Waals surface area contributed by atoms with Crippen LogP contribution < -0.4 is 26.6 Å². The average molecular weight is 678 g/mol. The summed E-state index contributed by atoms with van der Waals surface area (Å²) in [7, 11) is 1.33. The van der Waals surface area contributed by atoms with Crippen LogP contribution >= 0.6 is 0 Å². The van der Waals surface area contributed by atoms with Crippen LogP contribution in [0.15, 0.2) is 0 Å². The minimum atomic E-state index is -1.77. The summed E-state index contributed by atoms with van der Waals surface area (Å²) in [6, 6.07) is -8.03. The standard InChI is InChI=1S/C26H39N5O16/c1-27-12(2-7-17(32)33)22(42)28-13(3-8-18(34)35)23(43)29-14(4-9-19(36)37)24(44)30-15(5-10-20(38)39)25(45)31-16(26(46)47)6-11-21(40)41/h12-16,27H,2-11H2,1H3,(H,28,42)(H,29,43)(H,30,44)(H,31,45)(H,32,33)(H,34,35)(H,36,37)(H,38,39)(H,40,41)(H,46,47)/t12-,13-,14-,15-,16-/m1/s1. The number of likely N-dealkylation sites (N-methyl/N-ethyl adjacent to an activating group) is 1. The molecule has 0 aliphatic rings. The summed E-state index contributed by atoms with van der Waals surface area (Å²) in [5.41, 5.74) is 0. The Kier molecular flexibility index (Phi) is 19.0. The molecule has 11 N–H and O–H groups in total. The minimum absolute atomic E-state index is 0.215. The van der Waals surface area contributed by atoms with Gasteiger partial charge in [0.05, 0.1) is 6.04 Å². The molecule has 0 unspecified atom stereocenters. The number of carbonyl (C=O) groups excluding carboxylic acids is 4. The van der Waals surface area contributed by atoms with Crippen molar-refractivity contribution in [3.8, 4) is 0 Å². The number of carboxylic acids is 6. The maximum Gasteiger partial charge on any atom is 0.326 e. The molecule has 0 heterocycles. The van der Waals surface area contributed by atoms with E-state index in [9.17, 15) is 53.1 Å². The van der Waals surface area contributed by atoms with E-state index in [4.69, 9.17) is 25.5 Å². The molecule has 0 radical (unpaired) electrons. The third kappa shape index (κ3) is 18.3. The summed E-state index contributed by atoms with van der Waals surface area (Å²) >= 11 is 0. The van der Waals surface area contributed by atoms with Crippen molar-refractivity contribution in [2.24, 2.45) is 0 Å². The molecule has 0 saturated heterocycles. The van der Waals surface area contributed by atoms with E-state index < -0.39 is 147 Å². The van der Waals surface area contributed by atoms with E-state index in [1.54, 1.807) is 0 Å². The number of aliphatic carboxylic acids is 6. The molecule has 0 aromatic heterocycles. The smallest absolute Gasteiger partial charge is 0.326 e. The highest BCUT2D eigenvalue weighted by molar-refractivity contribution is 5.96. The van der Waals surface area contributed by atoms with Crippen molar-refractivity contribution in [1.82, 2.24) is 26.6 Å². The highest BCUT2D eigenvalue weighted by Crippen LogP contribution is 2.08. The Morgan fingerprint density at radius 1 is 0.383 bits per heavy atom. The Bertz CT molecular complexity index is 1190. The van der Waals surface area contributed by atoms with Gasteiger partial charge in [0, 0.05) is 32.1 Å². The number of carbonyl (C=O) groups is 10. The van der Waals surface area contributed by atoms with Crippen molar-refractivity contribution in [3.63, 3.8) is 0 Å². The van der Waals surface area contributed by atoms with Crippen LogP contribution in [-0.2, 0) is 47.9 Å². The van der Waals surface area contributed by atoms with Crippen molar-refractivity contribution < 1.29 is 78.6 Å². The summed E-state index contributed by atoms with van der Waals surface area (Å²) in [6.45, 7) is 0. The van der Waals surface area contributed by atoms with E-state index in [0.29, 0.717) is 0 Å². The Morgan fingerprint density at radius 3 is 0.830 bits per heavy atom. The lowest BCUT2D eigenvalue weighted by Gasteiger charge is -2.26. The summed E-state index contributed by atoms with van der Waals surface area (Å²) in [5.74, 6) is -13.0. The van der Waals surface area contributed by atoms with Crippen molar-refractivity contribution in [3.05, 3.63) is 0 Å². The van der Waals surface area contributed by atoms with Crippen LogP contribution in [0.3, 0.4) is 0 Å². The molecule has 0 aromatic carbocycles. The molecule has 21 nitrogen and oxygen atoms in total. The number of amides is 4. The highest BCUT2D eigenvalue weighted by atomic mass is 16.4. The van der Waals surface area contributed by atoms with Gasteiger partial charge in [-0.25, -0.2) is 4.79 Å². The van der Waals surface area contributed by atoms with Gasteiger partial charge in [0.2, 0.25) is 23.6 Å². The van der Waals surface area contributed by atoms with Gasteiger partial charge in [-0.1, -0.05) is 0 Å². The molecule has 264 valence electrons. The summed E-state index contributed by atoms with van der Waals surface area (Å²) in [4.78, 5) is 119. The third-order valence-corrected chi connectivity index (χ3v) is 6.41. The first-order chi connectivity index (χ1) is 21.9. The molecule has 5 atom stereocenters. The fourth-order valence-electron chi connectivity index (χ4n) is 3.90. The Labute approximate surface area is 266 Å². The molecule has 0 spiro atoms. The molecule has 0 rings (SSSR count). The Hall–Kier alpha value is -5.34. The van der Waals surface area contributed by atoms with Crippen LogP contribution in [0.25, 0.3) is 0 Å². The van der Waals surface area contributed by atoms with Gasteiger partial charge in [0.1, 0.15) is 24.2 Å². The van der Waals surface area contributed by atoms with Crippen LogP contribution in [0.4, 0.5) is 0 Å². The first kappa shape index (κ1) is 41.7. The molecule has 21 heteroatoms. The van der Waals surface area contributed by atoms with Gasteiger partial charge in [-0.05, 0) is 39.2 Å². The largest absolute Gasteiger partial charge is 0.481 e. The molecule has 0 bridgehead atoms. The first-order valence-electron chi connectivity index (χ1n) is 14.1. The lowest BCUT2D eigenvalue weighted by atomic mass is 10.0. The molecule has 0 fully saturated rings. The third-order valence-electron chi connectivity index (χ3n) is 6.41. The second kappa shape index (κ2) is 21.4. The molecular formula is C26H39N5O16. The summed E-state index contributed by atoms with van der Waals surface area (Å²) < 4.78 is 0. The van der Waals surface area contributed by atoms with Crippen LogP contribution in [0.2, 0.25) is 0 Å². The zero-order valence-electron chi connectivity index (χ0n) is 25.2. The van der Waals surface area contributed by atoms with E-state index in [0.717, 1.165) is 0 Å². The molecule has 0 aliphatic heterocycles. The lowest BCUT2D eigenvalue weighted by Crippen LogP contribution is -2.58. The first-order valence-corrected chi connectivity index (χ1v) is 14.1. The van der Waals surface area contributed by atoms with Gasteiger partial charge in [0.25, 0.3) is 0 Å². The Balaban J connectivity index is 6.14. The van der Waals surface area contributed by atoms with Crippen LogP contribution in [0, 0.1) is 0 Å². The van der Waals surface area contributed by atoms with Gasteiger partial charge in [-0.15, -0.1) is 0 Å². The van der Waals surface area contributed by atoms with E-state index in [1.807, 2.05) is 5.32 Å². The average Bonchev–Trinajstić information content (AvgIpc) is 2.96. The van der Waals surface area contributed by atoms with E-state index in [1.165, 1.54) is 7.05 Å². The topological polar surface area (TPSA) is 352 Å². The van der Waals surface area contributed by atoms with Crippen LogP contribution in [0.1, 0.15) is 64.2 Å². The SMILES string of the molecule is CN[C@H](CCC(=O)O)C(=O)N[C@H](CCC(=O)O)C(=O)N[C@H](CCC(=O)O)C(=O)N[C@H](CCC(=O)O)C(=O)N[C@H](CCC(=O)O)C(=O)O. The molecule has 0 aliphatic carbocycles. The fourth-order valence-corrected chi connectivity index (χ4v) is 3.90. The summed E-state index contributed by atoms with van der Waals surface area (Å²) in [5, 5.41) is 65.4. The summed E-state index contributed by atoms with van der Waals surface area (Å²) in [6.07, 6.45) is -5.76. The zero-order valence-corrected chi connectivity index (χ0v) is 25.2.